The van der Waals surface area contributed by atoms with E-state index in [4.69, 9.17) is 8.94 Å². The van der Waals surface area contributed by atoms with Crippen LogP contribution < -0.4 is 5.32 Å². The van der Waals surface area contributed by atoms with E-state index in [-0.39, 0.29) is 11.9 Å². The minimum Gasteiger partial charge on any atom is -0.466 e. The summed E-state index contributed by atoms with van der Waals surface area (Å²) in [6.07, 6.45) is 0. The van der Waals surface area contributed by atoms with Gasteiger partial charge in [0, 0.05) is 11.6 Å². The lowest BCUT2D eigenvalue weighted by Gasteiger charge is -2.10. The van der Waals surface area contributed by atoms with Crippen molar-refractivity contribution in [3.63, 3.8) is 0 Å². The van der Waals surface area contributed by atoms with Gasteiger partial charge in [-0.2, -0.15) is 0 Å². The summed E-state index contributed by atoms with van der Waals surface area (Å²) in [5, 5.41) is 7.49. The third-order valence-electron chi connectivity index (χ3n) is 3.60. The van der Waals surface area contributed by atoms with E-state index in [0.29, 0.717) is 28.1 Å². The van der Waals surface area contributed by atoms with E-state index < -0.39 is 0 Å². The average molecular weight is 313 g/mol. The smallest absolute Gasteiger partial charge is 0.259 e. The number of nitrogens with zero attached hydrogens (tertiary/aromatic N) is 2. The molecule has 0 bridgehead atoms. The monoisotopic (exact) mass is 313 g/mol. The van der Waals surface area contributed by atoms with Gasteiger partial charge in [0.15, 0.2) is 0 Å². The van der Waals surface area contributed by atoms with Crippen LogP contribution in [0, 0.1) is 20.8 Å². The van der Waals surface area contributed by atoms with Crippen LogP contribution in [-0.4, -0.2) is 22.1 Å². The molecule has 23 heavy (non-hydrogen) atoms. The van der Waals surface area contributed by atoms with Gasteiger partial charge in [0.2, 0.25) is 0 Å². The SMILES string of the molecule is Cc1cc(-c2cc(C(=O)NC(C)C)c3c(C)noc3n2)c(C)o1. The molecule has 0 aliphatic rings. The maximum Gasteiger partial charge on any atom is 0.259 e. The largest absolute Gasteiger partial charge is 0.466 e. The number of carbonyl (C=O) groups excluding carboxylic acids is 1. The Balaban J connectivity index is 2.22. The molecule has 0 unspecified atom stereocenters. The number of aryl methyl sites for hydroxylation is 3. The van der Waals surface area contributed by atoms with Crippen LogP contribution in [0.1, 0.15) is 41.4 Å². The summed E-state index contributed by atoms with van der Waals surface area (Å²) < 4.78 is 10.8. The second-order valence-electron chi connectivity index (χ2n) is 5.96. The Bertz CT molecular complexity index is 890. The summed E-state index contributed by atoms with van der Waals surface area (Å²) >= 11 is 0. The number of rotatable bonds is 3. The van der Waals surface area contributed by atoms with E-state index in [1.165, 1.54) is 0 Å². The normalized spacial score (nSPS) is 11.4. The van der Waals surface area contributed by atoms with Crippen molar-refractivity contribution in [1.29, 1.82) is 0 Å². The molecule has 0 aromatic carbocycles. The van der Waals surface area contributed by atoms with E-state index in [1.54, 1.807) is 13.0 Å². The zero-order chi connectivity index (χ0) is 16.7. The second kappa shape index (κ2) is 5.53. The molecule has 6 nitrogen and oxygen atoms in total. The number of pyridine rings is 1. The molecule has 0 spiro atoms. The second-order valence-corrected chi connectivity index (χ2v) is 5.96. The van der Waals surface area contributed by atoms with Crippen LogP contribution in [0.5, 0.6) is 0 Å². The van der Waals surface area contributed by atoms with Crippen molar-refractivity contribution in [2.75, 3.05) is 0 Å². The van der Waals surface area contributed by atoms with Crippen molar-refractivity contribution in [1.82, 2.24) is 15.5 Å². The summed E-state index contributed by atoms with van der Waals surface area (Å²) in [6.45, 7) is 9.38. The van der Waals surface area contributed by atoms with E-state index in [0.717, 1.165) is 17.1 Å². The predicted molar refractivity (Wildman–Crippen MR) is 86.3 cm³/mol. The Kier molecular flexibility index (Phi) is 3.67. The van der Waals surface area contributed by atoms with Gasteiger partial charge in [-0.25, -0.2) is 4.98 Å². The highest BCUT2D eigenvalue weighted by Crippen LogP contribution is 2.30. The van der Waals surface area contributed by atoms with Gasteiger partial charge in [-0.05, 0) is 46.8 Å². The molecule has 6 heteroatoms. The van der Waals surface area contributed by atoms with E-state index in [1.807, 2.05) is 33.8 Å². The summed E-state index contributed by atoms with van der Waals surface area (Å²) in [5.41, 5.74) is 2.99. The van der Waals surface area contributed by atoms with Gasteiger partial charge in [0.1, 0.15) is 11.5 Å². The summed E-state index contributed by atoms with van der Waals surface area (Å²) in [4.78, 5) is 17.1. The molecule has 0 atom stereocenters. The van der Waals surface area contributed by atoms with Crippen molar-refractivity contribution in [3.8, 4) is 11.3 Å². The predicted octanol–water partition coefficient (Wildman–Crippen LogP) is 3.55. The van der Waals surface area contributed by atoms with Crippen molar-refractivity contribution >= 4 is 17.0 Å². The van der Waals surface area contributed by atoms with Crippen molar-refractivity contribution in [2.24, 2.45) is 0 Å². The topological polar surface area (TPSA) is 81.2 Å². The Morgan fingerprint density at radius 2 is 1.96 bits per heavy atom. The first-order chi connectivity index (χ1) is 10.9. The third kappa shape index (κ3) is 2.72. The van der Waals surface area contributed by atoms with Gasteiger partial charge < -0.3 is 14.3 Å². The van der Waals surface area contributed by atoms with Crippen LogP contribution >= 0.6 is 0 Å². The van der Waals surface area contributed by atoms with Gasteiger partial charge in [0.05, 0.1) is 22.3 Å². The molecule has 3 aromatic heterocycles. The highest BCUT2D eigenvalue weighted by Gasteiger charge is 2.21. The van der Waals surface area contributed by atoms with Gasteiger partial charge in [-0.1, -0.05) is 5.16 Å². The van der Waals surface area contributed by atoms with Gasteiger partial charge in [0.25, 0.3) is 11.6 Å². The van der Waals surface area contributed by atoms with Gasteiger partial charge >= 0.3 is 0 Å². The first-order valence-electron chi connectivity index (χ1n) is 7.52. The third-order valence-corrected chi connectivity index (χ3v) is 3.60. The number of furan rings is 1. The fourth-order valence-corrected chi connectivity index (χ4v) is 2.64. The first-order valence-corrected chi connectivity index (χ1v) is 7.52. The number of fused-ring (bicyclic) bond motifs is 1. The standard InChI is InChI=1S/C17H19N3O3/c1-8(2)18-16(21)13-7-14(12-6-9(3)22-11(12)5)19-17-15(13)10(4)20-23-17/h6-8H,1-5H3,(H,18,21). The number of nitrogens with one attached hydrogen (secondary N) is 1. The number of hydrogen-bond acceptors (Lipinski definition) is 5. The highest BCUT2D eigenvalue weighted by molar-refractivity contribution is 6.07. The van der Waals surface area contributed by atoms with Gasteiger partial charge in [-0.15, -0.1) is 0 Å². The Morgan fingerprint density at radius 1 is 1.22 bits per heavy atom. The molecular weight excluding hydrogens is 294 g/mol. The molecule has 0 fully saturated rings. The molecule has 0 saturated heterocycles. The lowest BCUT2D eigenvalue weighted by Crippen LogP contribution is -2.30. The van der Waals surface area contributed by atoms with Crippen molar-refractivity contribution < 1.29 is 13.7 Å². The quantitative estimate of drug-likeness (QED) is 0.799. The Labute approximate surface area is 133 Å². The Morgan fingerprint density at radius 3 is 2.57 bits per heavy atom. The minimum absolute atomic E-state index is 0.0345. The number of amides is 1. The molecule has 0 aliphatic carbocycles. The van der Waals surface area contributed by atoms with Crippen molar-refractivity contribution in [2.45, 2.75) is 40.7 Å². The van der Waals surface area contributed by atoms with E-state index in [2.05, 4.69) is 15.5 Å². The molecule has 1 N–H and O–H groups in total. The molecule has 3 heterocycles. The number of carbonyl (C=O) groups is 1. The summed E-state index contributed by atoms with van der Waals surface area (Å²) in [7, 11) is 0. The molecule has 0 radical (unpaired) electrons. The molecule has 120 valence electrons. The fourth-order valence-electron chi connectivity index (χ4n) is 2.64. The average Bonchev–Trinajstić information content (AvgIpc) is 3.00. The van der Waals surface area contributed by atoms with E-state index >= 15 is 0 Å². The fraction of sp³-hybridized carbons (Fsp3) is 0.353. The molecule has 0 aliphatic heterocycles. The van der Waals surface area contributed by atoms with Crippen LogP contribution in [0.3, 0.4) is 0 Å². The lowest BCUT2D eigenvalue weighted by molar-refractivity contribution is 0.0944. The number of aromatic nitrogens is 2. The van der Waals surface area contributed by atoms with Crippen LogP contribution in [0.2, 0.25) is 0 Å². The molecule has 3 rings (SSSR count). The minimum atomic E-state index is -0.169. The van der Waals surface area contributed by atoms with Crippen LogP contribution in [0.15, 0.2) is 21.1 Å². The summed E-state index contributed by atoms with van der Waals surface area (Å²) in [5.74, 6) is 1.37. The highest BCUT2D eigenvalue weighted by atomic mass is 16.5. The van der Waals surface area contributed by atoms with Crippen LogP contribution in [-0.2, 0) is 0 Å². The van der Waals surface area contributed by atoms with Gasteiger partial charge in [-0.3, -0.25) is 4.79 Å². The zero-order valence-electron chi connectivity index (χ0n) is 13.9. The molecule has 1 amide bonds. The maximum atomic E-state index is 12.6. The van der Waals surface area contributed by atoms with Crippen LogP contribution in [0.25, 0.3) is 22.4 Å². The zero-order valence-corrected chi connectivity index (χ0v) is 13.9. The van der Waals surface area contributed by atoms with Crippen LogP contribution in [0.4, 0.5) is 0 Å². The lowest BCUT2D eigenvalue weighted by atomic mass is 10.1. The first kappa shape index (κ1) is 15.3. The summed E-state index contributed by atoms with van der Waals surface area (Å²) in [6, 6.07) is 3.70. The Hall–Kier alpha value is -2.63. The van der Waals surface area contributed by atoms with Crippen molar-refractivity contribution in [3.05, 3.63) is 34.9 Å². The molecular formula is C17H19N3O3. The number of hydrogen-bond donors (Lipinski definition) is 1. The molecule has 0 saturated carbocycles. The molecule has 3 aromatic rings. The van der Waals surface area contributed by atoms with E-state index in [9.17, 15) is 4.79 Å². The maximum absolute atomic E-state index is 12.6.